The fourth-order valence-electron chi connectivity index (χ4n) is 2.96. The average molecular weight is 310 g/mol. The van der Waals surface area contributed by atoms with Gasteiger partial charge in [0.15, 0.2) is 0 Å². The van der Waals surface area contributed by atoms with Crippen LogP contribution in [-0.4, -0.2) is 72.2 Å². The van der Waals surface area contributed by atoms with Crippen molar-refractivity contribution in [1.82, 2.24) is 20.0 Å². The molecule has 2 aliphatic heterocycles. The van der Waals surface area contributed by atoms with Crippen molar-refractivity contribution in [1.29, 1.82) is 0 Å². The first-order valence-electron chi connectivity index (χ1n) is 7.45. The molecular weight excluding hydrogens is 288 g/mol. The number of likely N-dealkylation sites (N-methyl/N-ethyl adjacent to an activating group) is 1. The molecular formula is C13H22N6OS. The SMILES string of the molecule is CN1CCN(C(=O)C2CCN(c3nnc(N)s3)CC2)CC1. The highest BCUT2D eigenvalue weighted by Gasteiger charge is 2.30. The molecule has 2 aliphatic rings. The summed E-state index contributed by atoms with van der Waals surface area (Å²) in [5, 5.41) is 9.30. The summed E-state index contributed by atoms with van der Waals surface area (Å²) < 4.78 is 0. The fourth-order valence-corrected chi connectivity index (χ4v) is 3.62. The van der Waals surface area contributed by atoms with Gasteiger partial charge in [-0.15, -0.1) is 10.2 Å². The summed E-state index contributed by atoms with van der Waals surface area (Å²) in [5.74, 6) is 0.495. The highest BCUT2D eigenvalue weighted by Crippen LogP contribution is 2.27. The molecule has 0 bridgehead atoms. The monoisotopic (exact) mass is 310 g/mol. The van der Waals surface area contributed by atoms with E-state index in [0.717, 1.165) is 57.2 Å². The summed E-state index contributed by atoms with van der Waals surface area (Å²) >= 11 is 1.41. The van der Waals surface area contributed by atoms with E-state index in [-0.39, 0.29) is 5.92 Å². The Morgan fingerprint density at radius 3 is 2.38 bits per heavy atom. The Morgan fingerprint density at radius 2 is 1.81 bits per heavy atom. The number of rotatable bonds is 2. The van der Waals surface area contributed by atoms with Crippen molar-refractivity contribution < 1.29 is 4.79 Å². The first-order chi connectivity index (χ1) is 10.1. The van der Waals surface area contributed by atoms with Gasteiger partial charge in [0.1, 0.15) is 0 Å². The van der Waals surface area contributed by atoms with Crippen molar-refractivity contribution in [2.45, 2.75) is 12.8 Å². The minimum atomic E-state index is 0.162. The molecule has 7 nitrogen and oxygen atoms in total. The van der Waals surface area contributed by atoms with E-state index in [2.05, 4.69) is 27.0 Å². The maximum absolute atomic E-state index is 12.6. The molecule has 1 aromatic heterocycles. The van der Waals surface area contributed by atoms with E-state index >= 15 is 0 Å². The van der Waals surface area contributed by atoms with Crippen molar-refractivity contribution >= 4 is 27.5 Å². The number of anilines is 2. The van der Waals surface area contributed by atoms with Gasteiger partial charge >= 0.3 is 0 Å². The number of aromatic nitrogens is 2. The molecule has 8 heteroatoms. The molecule has 116 valence electrons. The lowest BCUT2D eigenvalue weighted by molar-refractivity contribution is -0.137. The van der Waals surface area contributed by atoms with Gasteiger partial charge < -0.3 is 20.4 Å². The summed E-state index contributed by atoms with van der Waals surface area (Å²) in [6, 6.07) is 0. The third kappa shape index (κ3) is 3.26. The van der Waals surface area contributed by atoms with Crippen molar-refractivity contribution in [2.24, 2.45) is 5.92 Å². The zero-order valence-corrected chi connectivity index (χ0v) is 13.2. The van der Waals surface area contributed by atoms with Crippen LogP contribution in [0.25, 0.3) is 0 Å². The molecule has 0 radical (unpaired) electrons. The predicted molar refractivity (Wildman–Crippen MR) is 83.3 cm³/mol. The lowest BCUT2D eigenvalue weighted by atomic mass is 9.95. The first kappa shape index (κ1) is 14.5. The maximum Gasteiger partial charge on any atom is 0.225 e. The molecule has 0 spiro atoms. The highest BCUT2D eigenvalue weighted by atomic mass is 32.1. The Labute approximate surface area is 128 Å². The van der Waals surface area contributed by atoms with Gasteiger partial charge in [-0.05, 0) is 19.9 Å². The number of piperazine rings is 1. The molecule has 1 aromatic rings. The molecule has 0 unspecified atom stereocenters. The number of hydrogen-bond acceptors (Lipinski definition) is 7. The number of nitrogens with two attached hydrogens (primary N) is 1. The fraction of sp³-hybridized carbons (Fsp3) is 0.769. The molecule has 0 aliphatic carbocycles. The Morgan fingerprint density at radius 1 is 1.14 bits per heavy atom. The lowest BCUT2D eigenvalue weighted by Gasteiger charge is -2.37. The third-order valence-corrected chi connectivity index (χ3v) is 5.17. The Balaban J connectivity index is 1.52. The van der Waals surface area contributed by atoms with Crippen LogP contribution in [-0.2, 0) is 4.79 Å². The standard InChI is InChI=1S/C13H22N6OS/c1-17-6-8-18(9-7-17)11(20)10-2-4-19(5-3-10)13-16-15-12(14)21-13/h10H,2-9H2,1H3,(H2,14,15). The van der Waals surface area contributed by atoms with Crippen LogP contribution in [0.1, 0.15) is 12.8 Å². The second-order valence-electron chi connectivity index (χ2n) is 5.81. The zero-order chi connectivity index (χ0) is 14.8. The highest BCUT2D eigenvalue weighted by molar-refractivity contribution is 7.18. The van der Waals surface area contributed by atoms with E-state index in [1.165, 1.54) is 11.3 Å². The maximum atomic E-state index is 12.6. The van der Waals surface area contributed by atoms with Gasteiger partial charge in [0.05, 0.1) is 0 Å². The summed E-state index contributed by atoms with van der Waals surface area (Å²) in [4.78, 5) is 19.0. The molecule has 21 heavy (non-hydrogen) atoms. The zero-order valence-electron chi connectivity index (χ0n) is 12.4. The van der Waals surface area contributed by atoms with Gasteiger partial charge in [-0.25, -0.2) is 0 Å². The third-order valence-electron chi connectivity index (χ3n) is 4.36. The smallest absolute Gasteiger partial charge is 0.225 e. The van der Waals surface area contributed by atoms with Gasteiger partial charge in [0.2, 0.25) is 16.2 Å². The molecule has 0 saturated carbocycles. The van der Waals surface area contributed by atoms with Crippen molar-refractivity contribution in [2.75, 3.05) is 56.9 Å². The summed E-state index contributed by atoms with van der Waals surface area (Å²) in [5.41, 5.74) is 5.62. The Kier molecular flexibility index (Phi) is 4.25. The molecule has 2 fully saturated rings. The number of carbonyl (C=O) groups excluding carboxylic acids is 1. The first-order valence-corrected chi connectivity index (χ1v) is 8.26. The number of amides is 1. The van der Waals surface area contributed by atoms with Gasteiger partial charge in [0, 0.05) is 45.2 Å². The summed E-state index contributed by atoms with van der Waals surface area (Å²) in [6.07, 6.45) is 1.79. The van der Waals surface area contributed by atoms with Gasteiger partial charge in [-0.3, -0.25) is 4.79 Å². The quantitative estimate of drug-likeness (QED) is 0.835. The van der Waals surface area contributed by atoms with Crippen LogP contribution in [0.4, 0.5) is 10.3 Å². The summed E-state index contributed by atoms with van der Waals surface area (Å²) in [6.45, 7) is 5.41. The molecule has 2 N–H and O–H groups in total. The minimum Gasteiger partial charge on any atom is -0.374 e. The van der Waals surface area contributed by atoms with Crippen LogP contribution in [0.15, 0.2) is 0 Å². The lowest BCUT2D eigenvalue weighted by Crippen LogP contribution is -2.50. The largest absolute Gasteiger partial charge is 0.374 e. The van der Waals surface area contributed by atoms with E-state index < -0.39 is 0 Å². The average Bonchev–Trinajstić information content (AvgIpc) is 2.94. The van der Waals surface area contributed by atoms with Crippen molar-refractivity contribution in [3.63, 3.8) is 0 Å². The molecule has 0 atom stereocenters. The van der Waals surface area contributed by atoms with Crippen molar-refractivity contribution in [3.8, 4) is 0 Å². The molecule has 3 heterocycles. The Bertz CT molecular complexity index is 491. The van der Waals surface area contributed by atoms with E-state index in [4.69, 9.17) is 5.73 Å². The van der Waals surface area contributed by atoms with E-state index in [1.54, 1.807) is 0 Å². The molecule has 3 rings (SSSR count). The number of carbonyl (C=O) groups is 1. The minimum absolute atomic E-state index is 0.162. The Hall–Kier alpha value is -1.41. The van der Waals surface area contributed by atoms with Gasteiger partial charge in [-0.1, -0.05) is 11.3 Å². The predicted octanol–water partition coefficient (Wildman–Crippen LogP) is 0.111. The van der Waals surface area contributed by atoms with Crippen LogP contribution < -0.4 is 10.6 Å². The normalized spacial score (nSPS) is 21.8. The molecule has 1 amide bonds. The van der Waals surface area contributed by atoms with Crippen LogP contribution >= 0.6 is 11.3 Å². The summed E-state index contributed by atoms with van der Waals surface area (Å²) in [7, 11) is 2.11. The molecule has 2 saturated heterocycles. The number of nitrogen functional groups attached to an aromatic ring is 1. The molecule has 0 aromatic carbocycles. The van der Waals surface area contributed by atoms with Crippen LogP contribution in [0, 0.1) is 5.92 Å². The number of hydrogen-bond donors (Lipinski definition) is 1. The van der Waals surface area contributed by atoms with Crippen LogP contribution in [0.5, 0.6) is 0 Å². The van der Waals surface area contributed by atoms with E-state index in [1.807, 2.05) is 4.90 Å². The topological polar surface area (TPSA) is 78.6 Å². The van der Waals surface area contributed by atoms with E-state index in [0.29, 0.717) is 11.0 Å². The van der Waals surface area contributed by atoms with Crippen molar-refractivity contribution in [3.05, 3.63) is 0 Å². The van der Waals surface area contributed by atoms with E-state index in [9.17, 15) is 4.79 Å². The second-order valence-corrected chi connectivity index (χ2v) is 6.80. The number of nitrogens with zero attached hydrogens (tertiary/aromatic N) is 5. The number of piperidine rings is 1. The van der Waals surface area contributed by atoms with Gasteiger partial charge in [0.25, 0.3) is 0 Å². The van der Waals surface area contributed by atoms with Crippen LogP contribution in [0.2, 0.25) is 0 Å². The van der Waals surface area contributed by atoms with Gasteiger partial charge in [-0.2, -0.15) is 0 Å². The second kappa shape index (κ2) is 6.15. The van der Waals surface area contributed by atoms with Crippen LogP contribution in [0.3, 0.4) is 0 Å².